The van der Waals surface area contributed by atoms with Crippen LogP contribution < -0.4 is 0 Å². The molecule has 1 N–H and O–H groups in total. The van der Waals surface area contributed by atoms with E-state index >= 15 is 0 Å². The van der Waals surface area contributed by atoms with Gasteiger partial charge in [0.25, 0.3) is 0 Å². The van der Waals surface area contributed by atoms with Gasteiger partial charge in [-0.25, -0.2) is 4.79 Å². The van der Waals surface area contributed by atoms with E-state index < -0.39 is 12.1 Å². The van der Waals surface area contributed by atoms with Crippen LogP contribution in [0.15, 0.2) is 0 Å². The second-order valence-electron chi connectivity index (χ2n) is 1.81. The molecule has 0 fully saturated rings. The van der Waals surface area contributed by atoms with E-state index in [-0.39, 0.29) is 11.1 Å². The summed E-state index contributed by atoms with van der Waals surface area (Å²) in [6.45, 7) is 3.06. The van der Waals surface area contributed by atoms with Gasteiger partial charge in [0.2, 0.25) is 0 Å². The molecule has 0 aromatic rings. The Labute approximate surface area is 88.8 Å². The molecule has 14 heavy (non-hydrogen) atoms. The summed E-state index contributed by atoms with van der Waals surface area (Å²) < 4.78 is 31.7. The van der Waals surface area contributed by atoms with Gasteiger partial charge in [0, 0.05) is 0 Å². The van der Waals surface area contributed by atoms with Crippen molar-refractivity contribution in [3.05, 3.63) is 0 Å². The molecule has 86 valence electrons. The van der Waals surface area contributed by atoms with E-state index in [1.54, 1.807) is 0 Å². The molecule has 0 amide bonds. The van der Waals surface area contributed by atoms with E-state index in [0.29, 0.717) is 0 Å². The average Bonchev–Trinajstić information content (AvgIpc) is 1.84. The normalized spacial score (nSPS) is 8.79. The van der Waals surface area contributed by atoms with E-state index in [1.807, 2.05) is 0 Å². The highest BCUT2D eigenvalue weighted by Crippen LogP contribution is 2.13. The number of rotatable bonds is 0. The van der Waals surface area contributed by atoms with Gasteiger partial charge in [0.1, 0.15) is 5.78 Å². The van der Waals surface area contributed by atoms with Gasteiger partial charge in [0.05, 0.1) is 5.34 Å². The lowest BCUT2D eigenvalue weighted by Gasteiger charge is -1.93. The van der Waals surface area contributed by atoms with Gasteiger partial charge in [-0.15, -0.1) is 23.2 Å². The molecule has 8 heteroatoms. The third-order valence-electron chi connectivity index (χ3n) is 0.243. The van der Waals surface area contributed by atoms with Gasteiger partial charge >= 0.3 is 12.1 Å². The first-order chi connectivity index (χ1) is 6.09. The summed E-state index contributed by atoms with van der Waals surface area (Å²) in [5, 5.41) is 7.32. The van der Waals surface area contributed by atoms with Crippen molar-refractivity contribution in [3.63, 3.8) is 0 Å². The number of aliphatic carboxylic acids is 1. The van der Waals surface area contributed by atoms with Crippen molar-refractivity contribution in [2.24, 2.45) is 0 Å². The lowest BCUT2D eigenvalue weighted by molar-refractivity contribution is -0.192. The predicted molar refractivity (Wildman–Crippen MR) is 46.6 cm³/mol. The van der Waals surface area contributed by atoms with Crippen molar-refractivity contribution in [2.45, 2.75) is 20.0 Å². The van der Waals surface area contributed by atoms with Crippen molar-refractivity contribution in [2.75, 3.05) is 5.34 Å². The maximum atomic E-state index is 10.6. The number of carboxylic acids is 1. The summed E-state index contributed by atoms with van der Waals surface area (Å²) >= 11 is 9.53. The molecular weight excluding hydrogens is 248 g/mol. The number of ketones is 1. The van der Waals surface area contributed by atoms with Crippen LogP contribution in [0, 0.1) is 0 Å². The quantitative estimate of drug-likeness (QED) is 0.678. The second-order valence-corrected chi connectivity index (χ2v) is 2.62. The van der Waals surface area contributed by atoms with Crippen molar-refractivity contribution in [3.8, 4) is 0 Å². The molecule has 0 rings (SSSR count). The molecule has 0 saturated heterocycles. The van der Waals surface area contributed by atoms with Crippen LogP contribution in [0.4, 0.5) is 13.2 Å². The Morgan fingerprint density at radius 1 is 1.21 bits per heavy atom. The number of hydrogen-bond donors (Lipinski definition) is 1. The number of hydrogen-bond acceptors (Lipinski definition) is 2. The zero-order chi connectivity index (χ0) is 12.4. The molecular formula is C6H9Cl2F3O3. The first-order valence-electron chi connectivity index (χ1n) is 2.98. The van der Waals surface area contributed by atoms with Crippen LogP contribution in [0.2, 0.25) is 0 Å². The molecule has 0 aliphatic heterocycles. The van der Waals surface area contributed by atoms with Crippen LogP contribution in [0.5, 0.6) is 0 Å². The third kappa shape index (κ3) is 41.9. The van der Waals surface area contributed by atoms with Gasteiger partial charge < -0.3 is 9.90 Å². The summed E-state index contributed by atoms with van der Waals surface area (Å²) in [4.78, 5) is 18.3. The Morgan fingerprint density at radius 2 is 1.29 bits per heavy atom. The highest BCUT2D eigenvalue weighted by atomic mass is 35.5. The molecule has 0 spiro atoms. The molecule has 0 atom stereocenters. The highest BCUT2D eigenvalue weighted by Gasteiger charge is 2.38. The Kier molecular flexibility index (Phi) is 14.5. The summed E-state index contributed by atoms with van der Waals surface area (Å²) in [5.74, 6) is -2.59. The van der Waals surface area contributed by atoms with Crippen LogP contribution in [0.1, 0.15) is 13.8 Å². The molecule has 0 radical (unpaired) electrons. The predicted octanol–water partition coefficient (Wildman–Crippen LogP) is 2.65. The molecule has 0 aromatic carbocycles. The van der Waals surface area contributed by atoms with Crippen LogP contribution in [0.25, 0.3) is 0 Å². The average molecular weight is 257 g/mol. The number of Topliss-reactive ketones (excluding diaryl/α,β-unsaturated/α-hetero) is 1. The SMILES string of the molecule is CC(C)=O.ClCCl.O=C(O)C(F)(F)F. The third-order valence-corrected chi connectivity index (χ3v) is 0.243. The molecule has 0 aliphatic carbocycles. The van der Waals surface area contributed by atoms with Crippen LogP contribution in [-0.4, -0.2) is 28.4 Å². The summed E-state index contributed by atoms with van der Waals surface area (Å²) in [7, 11) is 0. The van der Waals surface area contributed by atoms with E-state index in [4.69, 9.17) is 33.1 Å². The highest BCUT2D eigenvalue weighted by molar-refractivity contribution is 6.40. The first kappa shape index (κ1) is 19.1. The molecule has 3 nitrogen and oxygen atoms in total. The maximum Gasteiger partial charge on any atom is 0.490 e. The molecule has 0 aromatic heterocycles. The number of alkyl halides is 5. The number of carboxylic acid groups (broad SMARTS) is 1. The minimum Gasteiger partial charge on any atom is -0.475 e. The van der Waals surface area contributed by atoms with Crippen LogP contribution >= 0.6 is 23.2 Å². The fourth-order valence-corrected chi connectivity index (χ4v) is 0. The number of carbonyl (C=O) groups is 2. The largest absolute Gasteiger partial charge is 0.490 e. The monoisotopic (exact) mass is 256 g/mol. The Morgan fingerprint density at radius 3 is 1.29 bits per heavy atom. The Hall–Kier alpha value is -0.490. The van der Waals surface area contributed by atoms with Gasteiger partial charge in [-0.2, -0.15) is 13.2 Å². The van der Waals surface area contributed by atoms with Gasteiger partial charge in [0.15, 0.2) is 0 Å². The zero-order valence-electron chi connectivity index (χ0n) is 7.36. The van der Waals surface area contributed by atoms with Crippen molar-refractivity contribution >= 4 is 35.0 Å². The minimum absolute atomic E-state index is 0.167. The fraction of sp³-hybridized carbons (Fsp3) is 0.667. The summed E-state index contributed by atoms with van der Waals surface area (Å²) in [6.07, 6.45) is -5.08. The topological polar surface area (TPSA) is 54.4 Å². The minimum atomic E-state index is -5.08. The van der Waals surface area contributed by atoms with Gasteiger partial charge in [-0.05, 0) is 13.8 Å². The maximum absolute atomic E-state index is 10.6. The molecule has 0 saturated carbocycles. The molecule has 0 bridgehead atoms. The first-order valence-corrected chi connectivity index (χ1v) is 4.05. The van der Waals surface area contributed by atoms with E-state index in [1.165, 1.54) is 13.8 Å². The smallest absolute Gasteiger partial charge is 0.475 e. The molecule has 0 unspecified atom stereocenters. The van der Waals surface area contributed by atoms with Crippen molar-refractivity contribution < 1.29 is 27.9 Å². The lowest BCUT2D eigenvalue weighted by Crippen LogP contribution is -2.21. The van der Waals surface area contributed by atoms with E-state index in [0.717, 1.165) is 0 Å². The standard InChI is InChI=1S/C3H6O.C2HF3O2.CH2Cl2/c1-3(2)4;3-2(4,5)1(6)7;2-1-3/h1-2H3;(H,6,7);1H2. The van der Waals surface area contributed by atoms with Crippen LogP contribution in [0.3, 0.4) is 0 Å². The Balaban J connectivity index is -0.000000147. The zero-order valence-corrected chi connectivity index (χ0v) is 8.87. The van der Waals surface area contributed by atoms with E-state index in [2.05, 4.69) is 0 Å². The second kappa shape index (κ2) is 10.6. The fourth-order valence-electron chi connectivity index (χ4n) is 0. The summed E-state index contributed by atoms with van der Waals surface area (Å²) in [5.41, 5.74) is 0. The van der Waals surface area contributed by atoms with Gasteiger partial charge in [-0.1, -0.05) is 0 Å². The van der Waals surface area contributed by atoms with Gasteiger partial charge in [-0.3, -0.25) is 0 Å². The lowest BCUT2D eigenvalue weighted by atomic mass is 10.6. The van der Waals surface area contributed by atoms with Crippen molar-refractivity contribution in [1.29, 1.82) is 0 Å². The number of halogens is 5. The molecule has 0 heterocycles. The van der Waals surface area contributed by atoms with Crippen molar-refractivity contribution in [1.82, 2.24) is 0 Å². The summed E-state index contributed by atoms with van der Waals surface area (Å²) in [6, 6.07) is 0. The van der Waals surface area contributed by atoms with E-state index in [9.17, 15) is 18.0 Å². The van der Waals surface area contributed by atoms with Crippen LogP contribution in [-0.2, 0) is 9.59 Å². The molecule has 0 aliphatic rings. The Bertz CT molecular complexity index is 166. The number of carbonyl (C=O) groups excluding carboxylic acids is 1.